The summed E-state index contributed by atoms with van der Waals surface area (Å²) in [5.41, 5.74) is 8.87. The minimum atomic E-state index is -0.111. The van der Waals surface area contributed by atoms with E-state index >= 15 is 0 Å². The van der Waals surface area contributed by atoms with Crippen LogP contribution in [0, 0.1) is 0 Å². The SMILES string of the molecule is CC(=O)Nc1cccc(Nc2ccc(Br)cc2C(N)=S)c1. The molecule has 0 spiro atoms. The number of halogens is 1. The molecule has 0 bridgehead atoms. The number of hydrogen-bond donors (Lipinski definition) is 3. The maximum Gasteiger partial charge on any atom is 0.221 e. The van der Waals surface area contributed by atoms with E-state index in [4.69, 9.17) is 18.0 Å². The number of nitrogens with two attached hydrogens (primary N) is 1. The van der Waals surface area contributed by atoms with Gasteiger partial charge in [-0.25, -0.2) is 0 Å². The summed E-state index contributed by atoms with van der Waals surface area (Å²) in [5, 5.41) is 6.00. The Hall–Kier alpha value is -1.92. The maximum atomic E-state index is 11.1. The van der Waals surface area contributed by atoms with E-state index in [1.54, 1.807) is 0 Å². The van der Waals surface area contributed by atoms with Gasteiger partial charge in [0.25, 0.3) is 0 Å². The molecule has 0 aliphatic carbocycles. The summed E-state index contributed by atoms with van der Waals surface area (Å²) in [6, 6.07) is 13.1. The first-order chi connectivity index (χ1) is 9.95. The third-order valence-electron chi connectivity index (χ3n) is 2.71. The number of anilines is 3. The van der Waals surface area contributed by atoms with Crippen LogP contribution in [-0.4, -0.2) is 10.9 Å². The van der Waals surface area contributed by atoms with Gasteiger partial charge in [-0.15, -0.1) is 0 Å². The third-order valence-corrected chi connectivity index (χ3v) is 3.42. The zero-order valence-electron chi connectivity index (χ0n) is 11.3. The second-order valence-electron chi connectivity index (χ2n) is 4.44. The smallest absolute Gasteiger partial charge is 0.221 e. The van der Waals surface area contributed by atoms with Crippen molar-refractivity contribution >= 4 is 56.1 Å². The van der Waals surface area contributed by atoms with Crippen molar-refractivity contribution in [3.63, 3.8) is 0 Å². The van der Waals surface area contributed by atoms with Crippen molar-refractivity contribution in [2.75, 3.05) is 10.6 Å². The van der Waals surface area contributed by atoms with Crippen molar-refractivity contribution in [1.29, 1.82) is 0 Å². The highest BCUT2D eigenvalue weighted by atomic mass is 79.9. The molecule has 0 aliphatic rings. The van der Waals surface area contributed by atoms with Crippen LogP contribution >= 0.6 is 28.1 Å². The highest BCUT2D eigenvalue weighted by molar-refractivity contribution is 9.10. The quantitative estimate of drug-likeness (QED) is 0.723. The molecule has 108 valence electrons. The number of hydrogen-bond acceptors (Lipinski definition) is 3. The Morgan fingerprint density at radius 2 is 1.90 bits per heavy atom. The highest BCUT2D eigenvalue weighted by Gasteiger charge is 2.07. The van der Waals surface area contributed by atoms with Crippen LogP contribution in [0.15, 0.2) is 46.9 Å². The van der Waals surface area contributed by atoms with Crippen molar-refractivity contribution in [1.82, 2.24) is 0 Å². The number of carbonyl (C=O) groups is 1. The van der Waals surface area contributed by atoms with Gasteiger partial charge in [-0.3, -0.25) is 4.79 Å². The van der Waals surface area contributed by atoms with Gasteiger partial charge < -0.3 is 16.4 Å². The zero-order chi connectivity index (χ0) is 15.4. The van der Waals surface area contributed by atoms with Crippen LogP contribution < -0.4 is 16.4 Å². The van der Waals surface area contributed by atoms with E-state index in [9.17, 15) is 4.79 Å². The van der Waals surface area contributed by atoms with Gasteiger partial charge in [-0.2, -0.15) is 0 Å². The Kier molecular flexibility index (Phi) is 4.93. The zero-order valence-corrected chi connectivity index (χ0v) is 13.7. The molecule has 4 N–H and O–H groups in total. The topological polar surface area (TPSA) is 67.2 Å². The van der Waals surface area contributed by atoms with E-state index in [1.165, 1.54) is 6.92 Å². The van der Waals surface area contributed by atoms with Crippen LogP contribution in [0.5, 0.6) is 0 Å². The molecule has 0 saturated carbocycles. The molecule has 0 radical (unpaired) electrons. The lowest BCUT2D eigenvalue weighted by atomic mass is 10.1. The Labute approximate surface area is 136 Å². The van der Waals surface area contributed by atoms with Crippen LogP contribution in [-0.2, 0) is 4.79 Å². The average Bonchev–Trinajstić information content (AvgIpc) is 2.40. The summed E-state index contributed by atoms with van der Waals surface area (Å²) < 4.78 is 0.905. The first-order valence-corrected chi connectivity index (χ1v) is 7.40. The van der Waals surface area contributed by atoms with Gasteiger partial charge in [0, 0.05) is 34.0 Å². The summed E-state index contributed by atoms with van der Waals surface area (Å²) in [7, 11) is 0. The molecule has 0 saturated heterocycles. The number of thiocarbonyl (C=S) groups is 1. The number of nitrogens with one attached hydrogen (secondary N) is 2. The van der Waals surface area contributed by atoms with E-state index < -0.39 is 0 Å². The van der Waals surface area contributed by atoms with E-state index in [1.807, 2.05) is 42.5 Å². The van der Waals surface area contributed by atoms with E-state index in [0.29, 0.717) is 4.99 Å². The first kappa shape index (κ1) is 15.5. The summed E-state index contributed by atoms with van der Waals surface area (Å²) in [5.74, 6) is -0.111. The van der Waals surface area contributed by atoms with Crippen LogP contribution in [0.25, 0.3) is 0 Å². The molecule has 4 nitrogen and oxygen atoms in total. The second kappa shape index (κ2) is 6.69. The molecule has 6 heteroatoms. The van der Waals surface area contributed by atoms with Gasteiger partial charge >= 0.3 is 0 Å². The lowest BCUT2D eigenvalue weighted by Crippen LogP contribution is -2.12. The molecule has 0 aromatic heterocycles. The number of carbonyl (C=O) groups excluding carboxylic acids is 1. The van der Waals surface area contributed by atoms with Gasteiger partial charge in [0.1, 0.15) is 4.99 Å². The molecule has 0 unspecified atom stereocenters. The summed E-state index contributed by atoms with van der Waals surface area (Å²) in [6.07, 6.45) is 0. The molecule has 2 rings (SSSR count). The molecular formula is C15H14BrN3OS. The lowest BCUT2D eigenvalue weighted by Gasteiger charge is -2.13. The number of amides is 1. The fourth-order valence-corrected chi connectivity index (χ4v) is 2.39. The molecule has 0 fully saturated rings. The second-order valence-corrected chi connectivity index (χ2v) is 5.80. The van der Waals surface area contributed by atoms with E-state index in [2.05, 4.69) is 26.6 Å². The highest BCUT2D eigenvalue weighted by Crippen LogP contribution is 2.26. The van der Waals surface area contributed by atoms with Gasteiger partial charge in [-0.1, -0.05) is 34.2 Å². The molecular weight excluding hydrogens is 350 g/mol. The van der Waals surface area contributed by atoms with Gasteiger partial charge in [0.05, 0.1) is 0 Å². The van der Waals surface area contributed by atoms with Crippen molar-refractivity contribution in [3.8, 4) is 0 Å². The standard InChI is InChI=1S/C15H14BrN3OS/c1-9(20)18-11-3-2-4-12(8-11)19-14-6-5-10(16)7-13(14)15(17)21/h2-8,19H,1H3,(H2,17,21)(H,18,20). The summed E-state index contributed by atoms with van der Waals surface area (Å²) >= 11 is 8.47. The van der Waals surface area contributed by atoms with E-state index in [-0.39, 0.29) is 5.91 Å². The molecule has 21 heavy (non-hydrogen) atoms. The van der Waals surface area contributed by atoms with Gasteiger partial charge in [-0.05, 0) is 36.4 Å². The first-order valence-electron chi connectivity index (χ1n) is 6.20. The third kappa shape index (κ3) is 4.27. The predicted octanol–water partition coefficient (Wildman–Crippen LogP) is 3.79. The van der Waals surface area contributed by atoms with Crippen LogP contribution in [0.3, 0.4) is 0 Å². The van der Waals surface area contributed by atoms with Crippen molar-refractivity contribution in [2.24, 2.45) is 5.73 Å². The number of rotatable bonds is 4. The molecule has 2 aromatic carbocycles. The van der Waals surface area contributed by atoms with Crippen LogP contribution in [0.1, 0.15) is 12.5 Å². The van der Waals surface area contributed by atoms with Crippen LogP contribution in [0.2, 0.25) is 0 Å². The summed E-state index contributed by atoms with van der Waals surface area (Å²) in [6.45, 7) is 1.47. The predicted molar refractivity (Wildman–Crippen MR) is 94.1 cm³/mol. The Morgan fingerprint density at radius 1 is 1.19 bits per heavy atom. The molecule has 2 aromatic rings. The monoisotopic (exact) mass is 363 g/mol. The minimum Gasteiger partial charge on any atom is -0.389 e. The largest absolute Gasteiger partial charge is 0.389 e. The van der Waals surface area contributed by atoms with Crippen molar-refractivity contribution in [2.45, 2.75) is 6.92 Å². The molecule has 0 atom stereocenters. The Morgan fingerprint density at radius 3 is 2.57 bits per heavy atom. The minimum absolute atomic E-state index is 0.111. The summed E-state index contributed by atoms with van der Waals surface area (Å²) in [4.78, 5) is 11.4. The lowest BCUT2D eigenvalue weighted by molar-refractivity contribution is -0.114. The molecule has 0 aliphatic heterocycles. The van der Waals surface area contributed by atoms with Gasteiger partial charge in [0.2, 0.25) is 5.91 Å². The van der Waals surface area contributed by atoms with Crippen molar-refractivity contribution in [3.05, 3.63) is 52.5 Å². The Bertz CT molecular complexity index is 703. The van der Waals surface area contributed by atoms with Crippen molar-refractivity contribution < 1.29 is 4.79 Å². The van der Waals surface area contributed by atoms with Crippen LogP contribution in [0.4, 0.5) is 17.1 Å². The Balaban J connectivity index is 2.30. The van der Waals surface area contributed by atoms with E-state index in [0.717, 1.165) is 27.1 Å². The molecule has 1 amide bonds. The maximum absolute atomic E-state index is 11.1. The normalized spacial score (nSPS) is 10.0. The fraction of sp³-hybridized carbons (Fsp3) is 0.0667. The average molecular weight is 364 g/mol. The fourth-order valence-electron chi connectivity index (χ4n) is 1.86. The molecule has 0 heterocycles. The van der Waals surface area contributed by atoms with Gasteiger partial charge in [0.15, 0.2) is 0 Å². The number of benzene rings is 2.